The average Bonchev–Trinajstić information content (AvgIpc) is 2.33. The van der Waals surface area contributed by atoms with E-state index < -0.39 is 0 Å². The summed E-state index contributed by atoms with van der Waals surface area (Å²) in [6.07, 6.45) is 5.15. The number of carbonyl (C=O) groups excluding carboxylic acids is 1. The minimum atomic E-state index is 0.172. The van der Waals surface area contributed by atoms with Gasteiger partial charge in [-0.1, -0.05) is 27.2 Å². The Hall–Kier alpha value is -0.220. The van der Waals surface area contributed by atoms with Crippen LogP contribution in [-0.4, -0.2) is 47.5 Å². The highest BCUT2D eigenvalue weighted by molar-refractivity contribution is 8.01. The molecule has 0 aromatic rings. The van der Waals surface area contributed by atoms with Crippen molar-refractivity contribution in [2.45, 2.75) is 51.2 Å². The second-order valence-electron chi connectivity index (χ2n) is 6.01. The number of nitrogens with one attached hydrogen (secondary N) is 1. The maximum atomic E-state index is 11.6. The monoisotopic (exact) mass is 272 g/mol. The highest BCUT2D eigenvalue weighted by Gasteiger charge is 2.13. The van der Waals surface area contributed by atoms with Crippen LogP contribution in [0.3, 0.4) is 0 Å². The molecule has 0 atom stereocenters. The van der Waals surface area contributed by atoms with Crippen molar-refractivity contribution < 1.29 is 4.79 Å². The van der Waals surface area contributed by atoms with Gasteiger partial charge in [0.25, 0.3) is 0 Å². The van der Waals surface area contributed by atoms with Crippen LogP contribution in [0.4, 0.5) is 0 Å². The fourth-order valence-corrected chi connectivity index (χ4v) is 2.71. The number of rotatable bonds is 6. The Morgan fingerprint density at radius 2 is 1.89 bits per heavy atom. The Kier molecular flexibility index (Phi) is 7.08. The lowest BCUT2D eigenvalue weighted by atomic mass is 10.1. The van der Waals surface area contributed by atoms with E-state index in [0.29, 0.717) is 5.75 Å². The molecule has 3 nitrogen and oxygen atoms in total. The maximum absolute atomic E-state index is 11.6. The summed E-state index contributed by atoms with van der Waals surface area (Å²) in [5.41, 5.74) is 0. The molecule has 1 saturated heterocycles. The van der Waals surface area contributed by atoms with Crippen molar-refractivity contribution in [2.75, 3.05) is 31.9 Å². The Morgan fingerprint density at radius 1 is 1.22 bits per heavy atom. The molecule has 1 amide bonds. The first-order valence-electron chi connectivity index (χ1n) is 7.10. The first-order chi connectivity index (χ1) is 8.47. The molecule has 106 valence electrons. The standard InChI is InChI=1S/C14H28N2OS/c1-14(2,3)18-12-13(17)15-8-7-11-16-9-5-4-6-10-16/h4-12H2,1-3H3,(H,15,17). The third-order valence-electron chi connectivity index (χ3n) is 3.06. The summed E-state index contributed by atoms with van der Waals surface area (Å²) in [5, 5.41) is 3.01. The number of piperidine rings is 1. The van der Waals surface area contributed by atoms with E-state index in [1.165, 1.54) is 32.4 Å². The number of carbonyl (C=O) groups is 1. The number of hydrogen-bond acceptors (Lipinski definition) is 3. The van der Waals surface area contributed by atoms with Gasteiger partial charge in [0.15, 0.2) is 0 Å². The number of hydrogen-bond donors (Lipinski definition) is 1. The van der Waals surface area contributed by atoms with E-state index in [4.69, 9.17) is 0 Å². The van der Waals surface area contributed by atoms with Crippen LogP contribution in [0, 0.1) is 0 Å². The topological polar surface area (TPSA) is 32.3 Å². The third kappa shape index (κ3) is 7.98. The van der Waals surface area contributed by atoms with E-state index in [1.54, 1.807) is 11.8 Å². The molecule has 1 heterocycles. The van der Waals surface area contributed by atoms with E-state index in [-0.39, 0.29) is 10.7 Å². The van der Waals surface area contributed by atoms with Crippen LogP contribution in [0.15, 0.2) is 0 Å². The molecule has 0 saturated carbocycles. The van der Waals surface area contributed by atoms with Gasteiger partial charge in [0, 0.05) is 11.3 Å². The number of amides is 1. The predicted molar refractivity (Wildman–Crippen MR) is 80.1 cm³/mol. The summed E-state index contributed by atoms with van der Waals surface area (Å²) in [6.45, 7) is 10.9. The van der Waals surface area contributed by atoms with Gasteiger partial charge in [-0.3, -0.25) is 4.79 Å². The lowest BCUT2D eigenvalue weighted by Gasteiger charge is -2.26. The molecule has 0 unspecified atom stereocenters. The van der Waals surface area contributed by atoms with Crippen molar-refractivity contribution in [1.29, 1.82) is 0 Å². The van der Waals surface area contributed by atoms with E-state index >= 15 is 0 Å². The van der Waals surface area contributed by atoms with Crippen LogP contribution in [0.1, 0.15) is 46.5 Å². The van der Waals surface area contributed by atoms with Crippen molar-refractivity contribution in [3.8, 4) is 0 Å². The molecule has 0 aromatic heterocycles. The highest BCUT2D eigenvalue weighted by atomic mass is 32.2. The molecule has 0 aliphatic carbocycles. The maximum Gasteiger partial charge on any atom is 0.230 e. The predicted octanol–water partition coefficient (Wildman–Crippen LogP) is 2.51. The summed E-state index contributed by atoms with van der Waals surface area (Å²) in [6, 6.07) is 0. The van der Waals surface area contributed by atoms with Crippen LogP contribution in [0.25, 0.3) is 0 Å². The Labute approximate surface area is 116 Å². The van der Waals surface area contributed by atoms with Gasteiger partial charge in [0.2, 0.25) is 5.91 Å². The van der Waals surface area contributed by atoms with Gasteiger partial charge in [0.05, 0.1) is 5.75 Å². The van der Waals surface area contributed by atoms with Gasteiger partial charge in [0.1, 0.15) is 0 Å². The molecule has 0 aromatic carbocycles. The molecule has 0 bridgehead atoms. The van der Waals surface area contributed by atoms with E-state index in [1.807, 2.05) is 0 Å². The van der Waals surface area contributed by atoms with Gasteiger partial charge < -0.3 is 10.2 Å². The van der Waals surface area contributed by atoms with Gasteiger partial charge in [-0.15, -0.1) is 11.8 Å². The van der Waals surface area contributed by atoms with Gasteiger partial charge >= 0.3 is 0 Å². The molecule has 0 spiro atoms. The van der Waals surface area contributed by atoms with Gasteiger partial charge in [-0.05, 0) is 38.9 Å². The summed E-state index contributed by atoms with van der Waals surface area (Å²) < 4.78 is 0.172. The molecule has 1 N–H and O–H groups in total. The second kappa shape index (κ2) is 8.05. The SMILES string of the molecule is CC(C)(C)SCC(=O)NCCCN1CCCCC1. The molecule has 18 heavy (non-hydrogen) atoms. The van der Waals surface area contributed by atoms with Crippen molar-refractivity contribution >= 4 is 17.7 Å². The zero-order chi connectivity index (χ0) is 13.4. The molecular weight excluding hydrogens is 244 g/mol. The van der Waals surface area contributed by atoms with Crippen molar-refractivity contribution in [2.24, 2.45) is 0 Å². The van der Waals surface area contributed by atoms with E-state index in [0.717, 1.165) is 19.5 Å². The first kappa shape index (κ1) is 15.8. The largest absolute Gasteiger partial charge is 0.355 e. The van der Waals surface area contributed by atoms with Crippen molar-refractivity contribution in [3.63, 3.8) is 0 Å². The molecule has 4 heteroatoms. The van der Waals surface area contributed by atoms with Gasteiger partial charge in [-0.25, -0.2) is 0 Å². The zero-order valence-corrected chi connectivity index (χ0v) is 12.9. The van der Waals surface area contributed by atoms with Crippen LogP contribution < -0.4 is 5.32 Å². The lowest BCUT2D eigenvalue weighted by molar-refractivity contribution is -0.118. The highest BCUT2D eigenvalue weighted by Crippen LogP contribution is 2.22. The fourth-order valence-electron chi connectivity index (χ4n) is 2.05. The minimum Gasteiger partial charge on any atom is -0.355 e. The summed E-state index contributed by atoms with van der Waals surface area (Å²) in [5.74, 6) is 0.751. The van der Waals surface area contributed by atoms with Crippen LogP contribution >= 0.6 is 11.8 Å². The quantitative estimate of drug-likeness (QED) is 0.754. The molecule has 0 radical (unpaired) electrons. The zero-order valence-electron chi connectivity index (χ0n) is 12.1. The average molecular weight is 272 g/mol. The Morgan fingerprint density at radius 3 is 2.50 bits per heavy atom. The first-order valence-corrected chi connectivity index (χ1v) is 8.09. The van der Waals surface area contributed by atoms with Crippen molar-refractivity contribution in [1.82, 2.24) is 10.2 Å². The number of nitrogens with zero attached hydrogens (tertiary/aromatic N) is 1. The molecule has 1 fully saturated rings. The third-order valence-corrected chi connectivity index (χ3v) is 4.33. The Balaban J connectivity index is 1.98. The Bertz CT molecular complexity index is 245. The van der Waals surface area contributed by atoms with Crippen LogP contribution in [-0.2, 0) is 4.79 Å². The second-order valence-corrected chi connectivity index (χ2v) is 7.81. The lowest BCUT2D eigenvalue weighted by Crippen LogP contribution is -2.34. The summed E-state index contributed by atoms with van der Waals surface area (Å²) in [4.78, 5) is 14.1. The molecule has 1 aliphatic rings. The van der Waals surface area contributed by atoms with E-state index in [2.05, 4.69) is 31.0 Å². The minimum absolute atomic E-state index is 0.172. The molecule has 1 rings (SSSR count). The summed E-state index contributed by atoms with van der Waals surface area (Å²) >= 11 is 1.71. The molecular formula is C14H28N2OS. The smallest absolute Gasteiger partial charge is 0.230 e. The normalized spacial score (nSPS) is 17.7. The van der Waals surface area contributed by atoms with Crippen LogP contribution in [0.5, 0.6) is 0 Å². The van der Waals surface area contributed by atoms with Crippen LogP contribution in [0.2, 0.25) is 0 Å². The van der Waals surface area contributed by atoms with Gasteiger partial charge in [-0.2, -0.15) is 0 Å². The molecule has 1 aliphatic heterocycles. The number of thioether (sulfide) groups is 1. The summed E-state index contributed by atoms with van der Waals surface area (Å²) in [7, 11) is 0. The number of likely N-dealkylation sites (tertiary alicyclic amines) is 1. The van der Waals surface area contributed by atoms with E-state index in [9.17, 15) is 4.79 Å². The van der Waals surface area contributed by atoms with Crippen molar-refractivity contribution in [3.05, 3.63) is 0 Å². The fraction of sp³-hybridized carbons (Fsp3) is 0.929.